The summed E-state index contributed by atoms with van der Waals surface area (Å²) < 4.78 is 114. The molecule has 29 N–H and O–H groups in total. The van der Waals surface area contributed by atoms with Crippen molar-refractivity contribution in [2.45, 2.75) is 342 Å². The van der Waals surface area contributed by atoms with Gasteiger partial charge >= 0.3 is 0 Å². The minimum Gasteiger partial charge on any atom is -0.394 e. The molecule has 10 fully saturated rings. The molecule has 0 aliphatic carbocycles. The lowest BCUT2D eigenvalue weighted by atomic mass is 9.93. The number of nitrogens with one attached hydrogen (secondary N) is 2. The Hall–Kier alpha value is -2.90. The van der Waals surface area contributed by atoms with Gasteiger partial charge in [0.1, 0.15) is 226 Å². The molecule has 662 valence electrons. The van der Waals surface area contributed by atoms with E-state index in [1.165, 1.54) is 20.8 Å². The van der Waals surface area contributed by atoms with Crippen LogP contribution in [0.2, 0.25) is 0 Å². The van der Waals surface area contributed by atoms with Crippen LogP contribution in [0.4, 0.5) is 0 Å². The summed E-state index contributed by atoms with van der Waals surface area (Å²) in [5.74, 6) is -2.02. The number of aliphatic hydroxyl groups excluding tert-OH is 27. The quantitative estimate of drug-likeness (QED) is 0.0363. The molecular weight excluding hydrogens is 1560 g/mol. The summed E-state index contributed by atoms with van der Waals surface area (Å²) in [6.45, 7) is -2.36. The molecule has 10 aliphatic heterocycles. The van der Waals surface area contributed by atoms with E-state index < -0.39 is 365 Å². The smallest absolute Gasteiger partial charge is 0.217 e. The van der Waals surface area contributed by atoms with Crippen molar-refractivity contribution in [2.24, 2.45) is 0 Å². The minimum atomic E-state index is -2.53. The Bertz CT molecular complexity index is 2990. The summed E-state index contributed by atoms with van der Waals surface area (Å²) in [5, 5.41) is 304. The van der Waals surface area contributed by atoms with E-state index in [1.807, 2.05) is 0 Å². The van der Waals surface area contributed by atoms with Crippen molar-refractivity contribution < 1.29 is 237 Å². The standard InChI is InChI=1S/C64H108N2O48/c1-13-27(75)34(82)41(89)58(97-13)108-49-23(11-72)105-57(26(66-17(5)74)51(49)111-64-54(38(86)31(79)19(7-68)103-64)114-60-43(91)36(84)29(77)15(3)99-60)112-52-32(80)20(8-69)102-62(45(52)93)109-48-22(10-71)104-56(25(65-16(4)73)50(48)110-59-42(90)35(83)28(76)14(2)98-59)96-12-24-33(81)53(113-61-44(92)37(85)30(78)18(6-67)101-61)46(94)63(106-24)107-47-21(9-70)100-55(95)40(88)39(47)87/h13-15,18-64,67-72,75-95H,6-12H2,1-5H3,(H,65,73)(H,66,74)/t13-,14-,15-,18+,19+,20+,21+,22+,23+,24+,25+,26+,27+,28+,29+,30-,31-,32-,33-,34+,35+,36+,37-,38-,39+,40+,41-,42-,43-,44+,45+,46+,47+,48+,49+,50+,51+,52-,53-,54+,55?,56+,57-,58-,59-,60-,61-,62-,63-,64?/m0/s1. The number of amides is 2. The van der Waals surface area contributed by atoms with E-state index in [4.69, 9.17) is 90.0 Å². The van der Waals surface area contributed by atoms with Crippen molar-refractivity contribution in [1.82, 2.24) is 10.6 Å². The van der Waals surface area contributed by atoms with Gasteiger partial charge in [-0.3, -0.25) is 9.59 Å². The number of hydrogen-bond acceptors (Lipinski definition) is 48. The van der Waals surface area contributed by atoms with Crippen molar-refractivity contribution in [3.8, 4) is 0 Å². The largest absolute Gasteiger partial charge is 0.394 e. The van der Waals surface area contributed by atoms with Crippen LogP contribution in [0.25, 0.3) is 0 Å². The maximum atomic E-state index is 13.6. The molecule has 10 rings (SSSR count). The van der Waals surface area contributed by atoms with Crippen LogP contribution in [0.5, 0.6) is 0 Å². The predicted octanol–water partition coefficient (Wildman–Crippen LogP) is -19.4. The first-order valence-electron chi connectivity index (χ1n) is 36.7. The van der Waals surface area contributed by atoms with E-state index in [2.05, 4.69) is 10.6 Å². The number of carbonyl (C=O) groups excluding carboxylic acids is 2. The van der Waals surface area contributed by atoms with E-state index in [-0.39, 0.29) is 0 Å². The number of ether oxygens (including phenoxy) is 19. The Balaban J connectivity index is 0.987. The van der Waals surface area contributed by atoms with Crippen LogP contribution in [0.15, 0.2) is 0 Å². The fraction of sp³-hybridized carbons (Fsp3) is 0.969. The number of aliphatic hydroxyl groups is 27. The molecule has 0 radical (unpaired) electrons. The van der Waals surface area contributed by atoms with Crippen LogP contribution >= 0.6 is 0 Å². The van der Waals surface area contributed by atoms with E-state index >= 15 is 0 Å². The van der Waals surface area contributed by atoms with Gasteiger partial charge in [0.25, 0.3) is 0 Å². The third-order valence-corrected chi connectivity index (χ3v) is 21.5. The maximum Gasteiger partial charge on any atom is 0.217 e. The number of rotatable bonds is 27. The Labute approximate surface area is 646 Å². The average molecular weight is 1670 g/mol. The first-order valence-corrected chi connectivity index (χ1v) is 36.7. The van der Waals surface area contributed by atoms with Crippen molar-refractivity contribution in [2.75, 3.05) is 46.2 Å². The minimum absolute atomic E-state index is 0.918. The van der Waals surface area contributed by atoms with Crippen molar-refractivity contribution in [1.29, 1.82) is 0 Å². The van der Waals surface area contributed by atoms with E-state index in [0.717, 1.165) is 13.8 Å². The highest BCUT2D eigenvalue weighted by Crippen LogP contribution is 2.42. The highest BCUT2D eigenvalue weighted by Gasteiger charge is 2.62. The summed E-state index contributed by atoms with van der Waals surface area (Å²) >= 11 is 0. The Morgan fingerprint density at radius 1 is 0.246 bits per heavy atom. The van der Waals surface area contributed by atoms with Crippen LogP contribution in [-0.4, -0.2) is 503 Å². The zero-order valence-electron chi connectivity index (χ0n) is 61.5. The lowest BCUT2D eigenvalue weighted by molar-refractivity contribution is -0.402. The molecular formula is C64H108N2O48. The summed E-state index contributed by atoms with van der Waals surface area (Å²) in [4.78, 5) is 27.2. The molecule has 50 nitrogen and oxygen atoms in total. The van der Waals surface area contributed by atoms with Crippen LogP contribution < -0.4 is 10.6 Å². The van der Waals surface area contributed by atoms with E-state index in [0.29, 0.717) is 0 Å². The topological polar surface area (TPSA) is 780 Å². The van der Waals surface area contributed by atoms with Gasteiger partial charge in [0.2, 0.25) is 11.8 Å². The first kappa shape index (κ1) is 93.4. The van der Waals surface area contributed by atoms with Crippen LogP contribution in [0.3, 0.4) is 0 Å². The SMILES string of the molecule is CC(=O)N[C@H]1[C@H](O[C@H]2[C@@H](O)[C@@H](CO)O[C@@H](O[C@H]3[C@H](O[C@@H]4O[C@@H](C)[C@@H](O)[C@@H](O)[C@@H]4O)[C@@H](NC(C)=O)[C@H](OC[C@H]4O[C@@H](O[C@H]5[C@H](O)[C@@H](O)C(O)O[C@@H]5CO)[C@H](O)[C@@H](O[C@@H]5O[C@H](CO)[C@H](O)[C@H](O)[C@H]5O)[C@H]4O)O[C@@H]3CO)[C@@H]2O)O[C@H](CO)[C@@H](O[C@@H]2O[C@@H](C)[C@@H](O)[C@@H](O)[C@@H]2O)[C@@H]1OC1O[C@H](CO)[C@H](O)[C@H](O)[C@H]1O[C@@H]1O[C@@H](C)[C@@H](O)[C@@H](O)[C@@H]1O. The van der Waals surface area contributed by atoms with Gasteiger partial charge in [-0.05, 0) is 20.8 Å². The summed E-state index contributed by atoms with van der Waals surface area (Å²) in [5.41, 5.74) is 0. The second kappa shape index (κ2) is 40.0. The van der Waals surface area contributed by atoms with Crippen molar-refractivity contribution >= 4 is 11.8 Å². The van der Waals surface area contributed by atoms with Gasteiger partial charge in [-0.25, -0.2) is 0 Å². The van der Waals surface area contributed by atoms with Gasteiger partial charge in [0.05, 0.1) is 64.6 Å². The van der Waals surface area contributed by atoms with Gasteiger partial charge in [-0.1, -0.05) is 0 Å². The molecule has 10 heterocycles. The lowest BCUT2D eigenvalue weighted by Crippen LogP contribution is -2.72. The Morgan fingerprint density at radius 2 is 0.526 bits per heavy atom. The third kappa shape index (κ3) is 19.7. The van der Waals surface area contributed by atoms with Gasteiger partial charge in [-0.15, -0.1) is 0 Å². The number of hydrogen-bond donors (Lipinski definition) is 29. The fourth-order valence-corrected chi connectivity index (χ4v) is 15.0. The average Bonchev–Trinajstić information content (AvgIpc) is 0.751. The Morgan fingerprint density at radius 3 is 0.956 bits per heavy atom. The van der Waals surface area contributed by atoms with Crippen LogP contribution in [-0.2, 0) is 99.6 Å². The fourth-order valence-electron chi connectivity index (χ4n) is 15.0. The zero-order chi connectivity index (χ0) is 83.8. The maximum absolute atomic E-state index is 13.6. The molecule has 2 amide bonds. The van der Waals surface area contributed by atoms with Crippen LogP contribution in [0.1, 0.15) is 34.6 Å². The second-order valence-electron chi connectivity index (χ2n) is 29.5. The molecule has 0 aromatic heterocycles. The molecule has 50 atom stereocenters. The normalized spacial score (nSPS) is 52.5. The van der Waals surface area contributed by atoms with Crippen LogP contribution in [0, 0.1) is 0 Å². The molecule has 50 heteroatoms. The molecule has 0 saturated carbocycles. The molecule has 114 heavy (non-hydrogen) atoms. The first-order chi connectivity index (χ1) is 53.8. The lowest BCUT2D eigenvalue weighted by Gasteiger charge is -2.52. The van der Waals surface area contributed by atoms with Crippen molar-refractivity contribution in [3.63, 3.8) is 0 Å². The highest BCUT2D eigenvalue weighted by molar-refractivity contribution is 5.73. The molecule has 0 aromatic rings. The van der Waals surface area contributed by atoms with Gasteiger partial charge < -0.3 is 239 Å². The van der Waals surface area contributed by atoms with Crippen molar-refractivity contribution in [3.05, 3.63) is 0 Å². The van der Waals surface area contributed by atoms with Gasteiger partial charge in [0.15, 0.2) is 62.9 Å². The summed E-state index contributed by atoms with van der Waals surface area (Å²) in [7, 11) is 0. The monoisotopic (exact) mass is 1670 g/mol. The molecule has 10 aliphatic rings. The second-order valence-corrected chi connectivity index (χ2v) is 29.5. The predicted molar refractivity (Wildman–Crippen MR) is 349 cm³/mol. The summed E-state index contributed by atoms with van der Waals surface area (Å²) in [6, 6.07) is -4.06. The van der Waals surface area contributed by atoms with E-state index in [1.54, 1.807) is 0 Å². The zero-order valence-corrected chi connectivity index (χ0v) is 61.5. The molecule has 0 spiro atoms. The van der Waals surface area contributed by atoms with Gasteiger partial charge in [0, 0.05) is 13.8 Å². The highest BCUT2D eigenvalue weighted by atomic mass is 16.8. The van der Waals surface area contributed by atoms with E-state index in [9.17, 15) is 147 Å². The molecule has 0 bridgehead atoms. The summed E-state index contributed by atoms with van der Waals surface area (Å²) in [6.07, 6.45) is -98.2. The third-order valence-electron chi connectivity index (χ3n) is 21.5. The molecule has 10 saturated heterocycles. The number of carbonyl (C=O) groups is 2. The molecule has 2 unspecified atom stereocenters. The molecule has 0 aromatic carbocycles. The Kier molecular flexibility index (Phi) is 32.7. The van der Waals surface area contributed by atoms with Gasteiger partial charge in [-0.2, -0.15) is 0 Å².